The van der Waals surface area contributed by atoms with E-state index in [4.69, 9.17) is 9.84 Å². The number of ketones is 1. The van der Waals surface area contributed by atoms with Gasteiger partial charge in [0.15, 0.2) is 5.78 Å². The Kier molecular flexibility index (Phi) is 6.98. The lowest BCUT2D eigenvalue weighted by Crippen LogP contribution is -2.19. The van der Waals surface area contributed by atoms with Crippen molar-refractivity contribution >= 4 is 33.4 Å². The van der Waals surface area contributed by atoms with E-state index in [-0.39, 0.29) is 36.7 Å². The van der Waals surface area contributed by atoms with Gasteiger partial charge in [0.1, 0.15) is 6.61 Å². The molecule has 0 atom stereocenters. The van der Waals surface area contributed by atoms with Crippen LogP contribution in [0.25, 0.3) is 0 Å². The maximum absolute atomic E-state index is 13.0. The second-order valence-corrected chi connectivity index (χ2v) is 6.49. The number of carboxylic acid groups (broad SMARTS) is 1. The van der Waals surface area contributed by atoms with Crippen LogP contribution in [0.5, 0.6) is 0 Å². The highest BCUT2D eigenvalue weighted by Crippen LogP contribution is 2.34. The van der Waals surface area contributed by atoms with Crippen LogP contribution in [-0.2, 0) is 22.3 Å². The molecule has 0 unspecified atom stereocenters. The van der Waals surface area contributed by atoms with Gasteiger partial charge in [-0.2, -0.15) is 13.2 Å². The highest BCUT2D eigenvalue weighted by Gasteiger charge is 2.33. The van der Waals surface area contributed by atoms with Gasteiger partial charge in [0, 0.05) is 10.2 Å². The van der Waals surface area contributed by atoms with E-state index in [9.17, 15) is 22.8 Å². The molecule has 0 aliphatic rings. The van der Waals surface area contributed by atoms with Crippen molar-refractivity contribution in [1.29, 1.82) is 0 Å². The molecule has 0 bridgehead atoms. The number of hydrogen-bond donors (Lipinski definition) is 2. The van der Waals surface area contributed by atoms with Crippen LogP contribution in [0.15, 0.2) is 46.9 Å². The van der Waals surface area contributed by atoms with E-state index in [1.165, 1.54) is 30.3 Å². The van der Waals surface area contributed by atoms with Crippen LogP contribution in [0.1, 0.15) is 21.5 Å². The Morgan fingerprint density at radius 3 is 2.56 bits per heavy atom. The van der Waals surface area contributed by atoms with Gasteiger partial charge in [-0.25, -0.2) is 4.79 Å². The Hall–Kier alpha value is -2.39. The summed E-state index contributed by atoms with van der Waals surface area (Å²) in [5.41, 5.74) is -0.386. The van der Waals surface area contributed by atoms with Crippen LogP contribution in [0.3, 0.4) is 0 Å². The highest BCUT2D eigenvalue weighted by atomic mass is 79.9. The first-order valence-electron chi connectivity index (χ1n) is 7.69. The van der Waals surface area contributed by atoms with Crippen molar-refractivity contribution < 1.29 is 32.6 Å². The number of carboxylic acids is 1. The number of carbonyl (C=O) groups is 2. The normalized spacial score (nSPS) is 11.3. The Morgan fingerprint density at radius 2 is 1.89 bits per heavy atom. The summed E-state index contributed by atoms with van der Waals surface area (Å²) < 4.78 is 44.5. The minimum Gasteiger partial charge on any atom is -0.478 e. The molecule has 0 saturated heterocycles. The van der Waals surface area contributed by atoms with Gasteiger partial charge in [-0.15, -0.1) is 0 Å². The second-order valence-electron chi connectivity index (χ2n) is 5.57. The zero-order valence-electron chi connectivity index (χ0n) is 13.8. The molecule has 27 heavy (non-hydrogen) atoms. The summed E-state index contributed by atoms with van der Waals surface area (Å²) in [4.78, 5) is 22.7. The van der Waals surface area contributed by atoms with Crippen molar-refractivity contribution in [3.05, 3.63) is 63.6 Å². The third-order valence-corrected chi connectivity index (χ3v) is 3.99. The van der Waals surface area contributed by atoms with Gasteiger partial charge in [0.2, 0.25) is 0 Å². The van der Waals surface area contributed by atoms with E-state index in [1.807, 2.05) is 0 Å². The molecular formula is C18H15BrF3NO4. The molecular weight excluding hydrogens is 431 g/mol. The average Bonchev–Trinajstić information content (AvgIpc) is 2.60. The Morgan fingerprint density at radius 1 is 1.15 bits per heavy atom. The molecule has 5 nitrogen and oxygen atoms in total. The molecule has 0 fully saturated rings. The summed E-state index contributed by atoms with van der Waals surface area (Å²) in [6.45, 7) is -0.878. The van der Waals surface area contributed by atoms with Crippen molar-refractivity contribution in [3.8, 4) is 0 Å². The molecule has 2 aromatic carbocycles. The smallest absolute Gasteiger partial charge is 0.416 e. The maximum Gasteiger partial charge on any atom is 0.416 e. The number of benzene rings is 2. The maximum atomic E-state index is 13.0. The second kappa shape index (κ2) is 9.01. The summed E-state index contributed by atoms with van der Waals surface area (Å²) in [5, 5.41) is 11.7. The summed E-state index contributed by atoms with van der Waals surface area (Å²) in [7, 11) is 0. The monoisotopic (exact) mass is 445 g/mol. The third kappa shape index (κ3) is 6.37. The Labute approximate surface area is 161 Å². The van der Waals surface area contributed by atoms with Crippen LogP contribution < -0.4 is 5.32 Å². The summed E-state index contributed by atoms with van der Waals surface area (Å²) >= 11 is 3.00. The average molecular weight is 446 g/mol. The van der Waals surface area contributed by atoms with Gasteiger partial charge in [-0.1, -0.05) is 28.1 Å². The molecule has 144 valence electrons. The van der Waals surface area contributed by atoms with E-state index < -0.39 is 17.7 Å². The standard InChI is InChI=1S/C18H15BrF3NO4/c19-13-5-4-12(16(7-13)18(20,21)22)9-27-10-15(24)8-23-14-3-1-2-11(6-14)17(25)26/h1-7,23H,8-10H2,(H,25,26). The zero-order chi connectivity index (χ0) is 20.0. The number of nitrogens with one attached hydrogen (secondary N) is 1. The molecule has 2 rings (SSSR count). The van der Waals surface area contributed by atoms with E-state index in [1.54, 1.807) is 6.07 Å². The minimum absolute atomic E-state index is 0.0682. The number of halogens is 4. The van der Waals surface area contributed by atoms with Crippen molar-refractivity contribution in [2.75, 3.05) is 18.5 Å². The van der Waals surface area contributed by atoms with Crippen LogP contribution in [0, 0.1) is 0 Å². The molecule has 2 aromatic rings. The molecule has 0 amide bonds. The number of hydrogen-bond acceptors (Lipinski definition) is 4. The van der Waals surface area contributed by atoms with Crippen LogP contribution in [-0.4, -0.2) is 30.0 Å². The predicted octanol–water partition coefficient (Wildman–Crippen LogP) is 4.36. The van der Waals surface area contributed by atoms with Gasteiger partial charge < -0.3 is 15.2 Å². The number of Topliss-reactive ketones (excluding diaryl/α,β-unsaturated/α-hetero) is 1. The number of carbonyl (C=O) groups excluding carboxylic acids is 1. The fourth-order valence-corrected chi connectivity index (χ4v) is 2.59. The molecule has 0 heterocycles. The molecule has 0 aromatic heterocycles. The molecule has 0 spiro atoms. The first-order valence-corrected chi connectivity index (χ1v) is 8.48. The topological polar surface area (TPSA) is 75.6 Å². The largest absolute Gasteiger partial charge is 0.478 e. The van der Waals surface area contributed by atoms with Gasteiger partial charge >= 0.3 is 12.1 Å². The lowest BCUT2D eigenvalue weighted by atomic mass is 10.1. The lowest BCUT2D eigenvalue weighted by Gasteiger charge is -2.13. The van der Waals surface area contributed by atoms with Crippen molar-refractivity contribution in [3.63, 3.8) is 0 Å². The van der Waals surface area contributed by atoms with Crippen molar-refractivity contribution in [2.24, 2.45) is 0 Å². The number of alkyl halides is 3. The molecule has 0 aliphatic heterocycles. The Balaban J connectivity index is 1.87. The fraction of sp³-hybridized carbons (Fsp3) is 0.222. The number of rotatable bonds is 8. The van der Waals surface area contributed by atoms with Crippen molar-refractivity contribution in [1.82, 2.24) is 0 Å². The minimum atomic E-state index is -4.52. The number of aromatic carboxylic acids is 1. The number of ether oxygens (including phenoxy) is 1. The van der Waals surface area contributed by atoms with E-state index >= 15 is 0 Å². The molecule has 2 N–H and O–H groups in total. The summed E-state index contributed by atoms with van der Waals surface area (Å²) in [5.74, 6) is -1.48. The number of anilines is 1. The van der Waals surface area contributed by atoms with Crippen molar-refractivity contribution in [2.45, 2.75) is 12.8 Å². The third-order valence-electron chi connectivity index (χ3n) is 3.50. The van der Waals surface area contributed by atoms with Crippen LogP contribution >= 0.6 is 15.9 Å². The summed E-state index contributed by atoms with van der Waals surface area (Å²) in [6.07, 6.45) is -4.52. The quantitative estimate of drug-likeness (QED) is 0.631. The SMILES string of the molecule is O=C(CNc1cccc(C(=O)O)c1)COCc1ccc(Br)cc1C(F)(F)F. The zero-order valence-corrected chi connectivity index (χ0v) is 15.4. The molecule has 0 radical (unpaired) electrons. The van der Waals surface area contributed by atoms with E-state index in [2.05, 4.69) is 21.2 Å². The van der Waals surface area contributed by atoms with Gasteiger partial charge in [-0.3, -0.25) is 4.79 Å². The van der Waals surface area contributed by atoms with E-state index in [0.717, 1.165) is 6.07 Å². The van der Waals surface area contributed by atoms with E-state index in [0.29, 0.717) is 10.2 Å². The lowest BCUT2D eigenvalue weighted by molar-refractivity contribution is -0.139. The molecule has 0 aliphatic carbocycles. The highest BCUT2D eigenvalue weighted by molar-refractivity contribution is 9.10. The Bertz CT molecular complexity index is 840. The first-order chi connectivity index (χ1) is 12.7. The predicted molar refractivity (Wildman–Crippen MR) is 95.7 cm³/mol. The summed E-state index contributed by atoms with van der Waals surface area (Å²) in [6, 6.07) is 9.61. The first kappa shape index (κ1) is 20.9. The van der Waals surface area contributed by atoms with Gasteiger partial charge in [-0.05, 0) is 35.9 Å². The van der Waals surface area contributed by atoms with Crippen LogP contribution in [0.2, 0.25) is 0 Å². The van der Waals surface area contributed by atoms with Gasteiger partial charge in [0.25, 0.3) is 0 Å². The molecule has 9 heteroatoms. The van der Waals surface area contributed by atoms with Crippen LogP contribution in [0.4, 0.5) is 18.9 Å². The molecule has 0 saturated carbocycles. The van der Waals surface area contributed by atoms with Gasteiger partial charge in [0.05, 0.1) is 24.3 Å². The fourth-order valence-electron chi connectivity index (χ4n) is 2.23.